The summed E-state index contributed by atoms with van der Waals surface area (Å²) in [6.07, 6.45) is 3.18. The fourth-order valence-corrected chi connectivity index (χ4v) is 2.88. The molecule has 8 nitrogen and oxygen atoms in total. The molecule has 8 heteroatoms. The van der Waals surface area contributed by atoms with E-state index in [1.807, 2.05) is 24.3 Å². The maximum Gasteiger partial charge on any atom is 0.317 e. The number of benzene rings is 1. The van der Waals surface area contributed by atoms with Gasteiger partial charge in [0.1, 0.15) is 12.7 Å². The Bertz CT molecular complexity index is 722. The lowest BCUT2D eigenvalue weighted by Gasteiger charge is -2.34. The lowest BCUT2D eigenvalue weighted by molar-refractivity contribution is -0.130. The van der Waals surface area contributed by atoms with E-state index >= 15 is 0 Å². The van der Waals surface area contributed by atoms with Crippen molar-refractivity contribution in [2.24, 2.45) is 0 Å². The molecule has 1 saturated heterocycles. The Balaban J connectivity index is 1.55. The topological polar surface area (TPSA) is 83.4 Å². The van der Waals surface area contributed by atoms with Gasteiger partial charge >= 0.3 is 6.03 Å². The predicted octanol–water partition coefficient (Wildman–Crippen LogP) is 0.700. The van der Waals surface area contributed by atoms with E-state index in [0.29, 0.717) is 39.3 Å². The van der Waals surface area contributed by atoms with Crippen molar-refractivity contribution in [1.82, 2.24) is 29.9 Å². The third-order valence-corrected chi connectivity index (χ3v) is 4.36. The normalized spacial score (nSPS) is 14.4. The van der Waals surface area contributed by atoms with E-state index in [0.717, 1.165) is 11.1 Å². The molecule has 1 aliphatic rings. The Morgan fingerprint density at radius 1 is 1.08 bits per heavy atom. The zero-order chi connectivity index (χ0) is 17.6. The predicted molar refractivity (Wildman–Crippen MR) is 91.6 cm³/mol. The zero-order valence-electron chi connectivity index (χ0n) is 14.3. The number of nitrogens with zero attached hydrogens (tertiary/aromatic N) is 5. The van der Waals surface area contributed by atoms with Gasteiger partial charge in [-0.3, -0.25) is 4.79 Å². The number of urea groups is 1. The van der Waals surface area contributed by atoms with Crippen molar-refractivity contribution in [2.45, 2.75) is 20.0 Å². The monoisotopic (exact) mass is 342 g/mol. The fourth-order valence-electron chi connectivity index (χ4n) is 2.88. The maximum atomic E-state index is 12.4. The number of carbonyl (C=O) groups is 2. The number of carbonyl (C=O) groups excluding carboxylic acids is 2. The molecule has 1 aliphatic heterocycles. The van der Waals surface area contributed by atoms with Gasteiger partial charge in [0.25, 0.3) is 0 Å². The number of nitrogens with one attached hydrogen (secondary N) is 1. The van der Waals surface area contributed by atoms with E-state index in [1.54, 1.807) is 27.7 Å². The van der Waals surface area contributed by atoms with Gasteiger partial charge in [-0.25, -0.2) is 14.5 Å². The second kappa shape index (κ2) is 7.78. The van der Waals surface area contributed by atoms with Crippen molar-refractivity contribution in [2.75, 3.05) is 26.2 Å². The first-order chi connectivity index (χ1) is 12.1. The van der Waals surface area contributed by atoms with Crippen LogP contribution < -0.4 is 5.32 Å². The molecule has 0 bridgehead atoms. The van der Waals surface area contributed by atoms with Crippen LogP contribution in [0.3, 0.4) is 0 Å². The van der Waals surface area contributed by atoms with Crippen LogP contribution in [-0.2, 0) is 17.9 Å². The Labute approximate surface area is 146 Å². The van der Waals surface area contributed by atoms with Gasteiger partial charge in [0.05, 0.1) is 6.54 Å². The first-order valence-electron chi connectivity index (χ1n) is 8.31. The van der Waals surface area contributed by atoms with Gasteiger partial charge < -0.3 is 15.1 Å². The number of hydrogen-bond acceptors (Lipinski definition) is 4. The lowest BCUT2D eigenvalue weighted by Crippen LogP contribution is -2.52. The summed E-state index contributed by atoms with van der Waals surface area (Å²) in [5.74, 6) is 0.0575. The highest BCUT2D eigenvalue weighted by molar-refractivity contribution is 5.76. The second-order valence-electron chi connectivity index (χ2n) is 6.01. The molecule has 0 saturated carbocycles. The molecule has 0 spiro atoms. The van der Waals surface area contributed by atoms with Crippen molar-refractivity contribution in [3.8, 4) is 0 Å². The van der Waals surface area contributed by atoms with Gasteiger partial charge in [-0.1, -0.05) is 24.3 Å². The highest BCUT2D eigenvalue weighted by atomic mass is 16.2. The number of rotatable bonds is 4. The van der Waals surface area contributed by atoms with E-state index in [1.165, 1.54) is 6.33 Å². The zero-order valence-corrected chi connectivity index (χ0v) is 14.3. The van der Waals surface area contributed by atoms with Crippen LogP contribution in [-0.4, -0.2) is 62.7 Å². The molecular formula is C17H22N6O2. The highest BCUT2D eigenvalue weighted by Gasteiger charge is 2.22. The molecule has 1 fully saturated rings. The summed E-state index contributed by atoms with van der Waals surface area (Å²) in [7, 11) is 0. The average Bonchev–Trinajstić information content (AvgIpc) is 3.14. The van der Waals surface area contributed by atoms with E-state index in [4.69, 9.17) is 0 Å². The van der Waals surface area contributed by atoms with Crippen molar-refractivity contribution in [1.29, 1.82) is 0 Å². The molecule has 0 aliphatic carbocycles. The molecule has 25 heavy (non-hydrogen) atoms. The third-order valence-electron chi connectivity index (χ3n) is 4.36. The van der Waals surface area contributed by atoms with Gasteiger partial charge in [-0.15, -0.1) is 0 Å². The van der Waals surface area contributed by atoms with Crippen LogP contribution in [0.15, 0.2) is 36.9 Å². The number of piperazine rings is 1. The summed E-state index contributed by atoms with van der Waals surface area (Å²) < 4.78 is 1.75. The Morgan fingerprint density at radius 3 is 2.40 bits per heavy atom. The molecular weight excluding hydrogens is 320 g/mol. The van der Waals surface area contributed by atoms with Crippen LogP contribution in [0.4, 0.5) is 4.79 Å². The molecule has 3 rings (SSSR count). The summed E-state index contributed by atoms with van der Waals surface area (Å²) in [5.41, 5.74) is 2.14. The SMILES string of the molecule is CC(=O)N1CCN(C(=O)NCc2ccccc2Cn2cncn2)CC1. The minimum absolute atomic E-state index is 0.0575. The minimum Gasteiger partial charge on any atom is -0.339 e. The largest absolute Gasteiger partial charge is 0.339 e. The molecule has 1 aromatic carbocycles. The summed E-state index contributed by atoms with van der Waals surface area (Å²) in [5, 5.41) is 7.09. The lowest BCUT2D eigenvalue weighted by atomic mass is 10.1. The van der Waals surface area contributed by atoms with Crippen LogP contribution in [0.2, 0.25) is 0 Å². The number of hydrogen-bond donors (Lipinski definition) is 1. The van der Waals surface area contributed by atoms with Crippen LogP contribution in [0.25, 0.3) is 0 Å². The molecule has 0 radical (unpaired) electrons. The van der Waals surface area contributed by atoms with E-state index in [-0.39, 0.29) is 11.9 Å². The molecule has 132 valence electrons. The van der Waals surface area contributed by atoms with Crippen LogP contribution in [0.5, 0.6) is 0 Å². The molecule has 3 amide bonds. The quantitative estimate of drug-likeness (QED) is 0.887. The van der Waals surface area contributed by atoms with Gasteiger partial charge in [-0.2, -0.15) is 5.10 Å². The Morgan fingerprint density at radius 2 is 1.76 bits per heavy atom. The van der Waals surface area contributed by atoms with Crippen molar-refractivity contribution >= 4 is 11.9 Å². The van der Waals surface area contributed by atoms with Crippen molar-refractivity contribution in [3.63, 3.8) is 0 Å². The summed E-state index contributed by atoms with van der Waals surface area (Å²) in [4.78, 5) is 31.2. The summed E-state index contributed by atoms with van der Waals surface area (Å²) in [6, 6.07) is 7.85. The molecule has 1 aromatic heterocycles. The van der Waals surface area contributed by atoms with E-state index in [2.05, 4.69) is 15.4 Å². The van der Waals surface area contributed by atoms with Gasteiger partial charge in [0, 0.05) is 39.6 Å². The average molecular weight is 342 g/mol. The smallest absolute Gasteiger partial charge is 0.317 e. The standard InChI is InChI=1S/C17H22N6O2/c1-14(24)21-6-8-22(9-7-21)17(25)19-10-15-4-2-3-5-16(15)11-23-13-18-12-20-23/h2-5,12-13H,6-11H2,1H3,(H,19,25). The Kier molecular flexibility index (Phi) is 5.27. The summed E-state index contributed by atoms with van der Waals surface area (Å²) >= 11 is 0. The second-order valence-corrected chi connectivity index (χ2v) is 6.01. The molecule has 1 N–H and O–H groups in total. The first kappa shape index (κ1) is 16.9. The fraction of sp³-hybridized carbons (Fsp3) is 0.412. The van der Waals surface area contributed by atoms with Crippen molar-refractivity contribution < 1.29 is 9.59 Å². The third kappa shape index (κ3) is 4.34. The summed E-state index contributed by atoms with van der Waals surface area (Å²) in [6.45, 7) is 4.93. The molecule has 0 unspecified atom stereocenters. The number of amides is 3. The highest BCUT2D eigenvalue weighted by Crippen LogP contribution is 2.10. The molecule has 2 heterocycles. The van der Waals surface area contributed by atoms with Gasteiger partial charge in [0.2, 0.25) is 5.91 Å². The van der Waals surface area contributed by atoms with Crippen molar-refractivity contribution in [3.05, 3.63) is 48.0 Å². The van der Waals surface area contributed by atoms with Gasteiger partial charge in [0.15, 0.2) is 0 Å². The molecule has 2 aromatic rings. The van der Waals surface area contributed by atoms with Gasteiger partial charge in [-0.05, 0) is 11.1 Å². The Hall–Kier alpha value is -2.90. The molecule has 0 atom stereocenters. The maximum absolute atomic E-state index is 12.4. The first-order valence-corrected chi connectivity index (χ1v) is 8.31. The minimum atomic E-state index is -0.0984. The van der Waals surface area contributed by atoms with Crippen LogP contribution >= 0.6 is 0 Å². The van der Waals surface area contributed by atoms with Crippen LogP contribution in [0, 0.1) is 0 Å². The van der Waals surface area contributed by atoms with E-state index < -0.39 is 0 Å². The number of aromatic nitrogens is 3. The van der Waals surface area contributed by atoms with E-state index in [9.17, 15) is 9.59 Å². The van der Waals surface area contributed by atoms with Crippen LogP contribution in [0.1, 0.15) is 18.1 Å².